The topological polar surface area (TPSA) is 59.0 Å². The van der Waals surface area contributed by atoms with Crippen molar-refractivity contribution < 1.29 is 4.79 Å². The number of nitrogens with one attached hydrogen (secondary N) is 2. The summed E-state index contributed by atoms with van der Waals surface area (Å²) in [4.78, 5) is 17.5. The minimum atomic E-state index is -0.0250. The Morgan fingerprint density at radius 1 is 1.10 bits per heavy atom. The third-order valence-corrected chi connectivity index (χ3v) is 7.31. The van der Waals surface area contributed by atoms with Gasteiger partial charge in [-0.2, -0.15) is 0 Å². The van der Waals surface area contributed by atoms with Crippen LogP contribution in [-0.4, -0.2) is 21.5 Å². The molecule has 0 saturated heterocycles. The summed E-state index contributed by atoms with van der Waals surface area (Å²) in [5, 5.41) is 7.48. The second-order valence-corrected chi connectivity index (χ2v) is 9.48. The molecule has 1 spiro atoms. The molecule has 2 aromatic carbocycles. The Kier molecular flexibility index (Phi) is 4.91. The molecule has 3 aromatic rings. The number of para-hydroxylation sites is 1. The summed E-state index contributed by atoms with van der Waals surface area (Å²) < 4.78 is 1.92. The minimum Gasteiger partial charge on any atom is -0.349 e. The highest BCUT2D eigenvalue weighted by molar-refractivity contribution is 6.39. The average Bonchev–Trinajstić information content (AvgIpc) is 3.42. The molecule has 0 aliphatic heterocycles. The fourth-order valence-electron chi connectivity index (χ4n) is 4.50. The van der Waals surface area contributed by atoms with Crippen molar-refractivity contribution in [2.45, 2.75) is 44.6 Å². The predicted molar refractivity (Wildman–Crippen MR) is 122 cm³/mol. The lowest BCUT2D eigenvalue weighted by Crippen LogP contribution is -2.37. The number of hydrogen-bond acceptors (Lipinski definition) is 3. The summed E-state index contributed by atoms with van der Waals surface area (Å²) in [5.41, 5.74) is 3.54. The molecule has 1 aromatic heterocycles. The van der Waals surface area contributed by atoms with E-state index in [1.807, 2.05) is 29.8 Å². The quantitative estimate of drug-likeness (QED) is 0.514. The maximum atomic E-state index is 12.8. The van der Waals surface area contributed by atoms with Crippen molar-refractivity contribution in [1.29, 1.82) is 0 Å². The van der Waals surface area contributed by atoms with Crippen molar-refractivity contribution in [2.75, 3.05) is 5.32 Å². The van der Waals surface area contributed by atoms with Gasteiger partial charge >= 0.3 is 0 Å². The van der Waals surface area contributed by atoms with Crippen LogP contribution in [0.3, 0.4) is 0 Å². The summed E-state index contributed by atoms with van der Waals surface area (Å²) in [7, 11) is 1.91. The normalized spacial score (nSPS) is 18.0. The summed E-state index contributed by atoms with van der Waals surface area (Å²) in [5.74, 6) is 0.586. The van der Waals surface area contributed by atoms with E-state index in [4.69, 9.17) is 23.2 Å². The first kappa shape index (κ1) is 19.7. The molecule has 5 nitrogen and oxygen atoms in total. The molecule has 7 heteroatoms. The Bertz CT molecular complexity index is 1110. The monoisotopic (exact) mass is 442 g/mol. The van der Waals surface area contributed by atoms with Crippen LogP contribution in [0, 0.1) is 5.41 Å². The molecular weight excluding hydrogens is 419 g/mol. The largest absolute Gasteiger partial charge is 0.349 e. The summed E-state index contributed by atoms with van der Waals surface area (Å²) in [6.45, 7) is 0. The molecule has 2 aliphatic carbocycles. The number of rotatable bonds is 4. The van der Waals surface area contributed by atoms with Crippen LogP contribution < -0.4 is 10.6 Å². The Balaban J connectivity index is 1.35. The van der Waals surface area contributed by atoms with E-state index in [9.17, 15) is 4.79 Å². The molecule has 2 N–H and O–H groups in total. The minimum absolute atomic E-state index is 0.0250. The van der Waals surface area contributed by atoms with Crippen LogP contribution in [0.1, 0.15) is 48.9 Å². The zero-order chi connectivity index (χ0) is 20.9. The van der Waals surface area contributed by atoms with E-state index in [1.165, 1.54) is 25.7 Å². The number of benzene rings is 2. The van der Waals surface area contributed by atoms with Gasteiger partial charge in [-0.15, -0.1) is 0 Å². The second-order valence-electron chi connectivity index (χ2n) is 8.67. The molecule has 0 atom stereocenters. The number of anilines is 2. The molecule has 2 saturated carbocycles. The van der Waals surface area contributed by atoms with Crippen molar-refractivity contribution >= 4 is 51.8 Å². The van der Waals surface area contributed by atoms with Gasteiger partial charge in [-0.1, -0.05) is 29.3 Å². The van der Waals surface area contributed by atoms with E-state index in [0.29, 0.717) is 32.7 Å². The van der Waals surface area contributed by atoms with Gasteiger partial charge in [0.05, 0.1) is 26.8 Å². The highest BCUT2D eigenvalue weighted by atomic mass is 35.5. The molecule has 2 aliphatic rings. The van der Waals surface area contributed by atoms with E-state index < -0.39 is 0 Å². The first-order chi connectivity index (χ1) is 14.4. The molecule has 1 heterocycles. The Hall–Kier alpha value is -2.24. The third-order valence-electron chi connectivity index (χ3n) is 6.68. The zero-order valence-corrected chi connectivity index (χ0v) is 18.4. The molecule has 0 bridgehead atoms. The molecule has 156 valence electrons. The van der Waals surface area contributed by atoms with E-state index in [1.54, 1.807) is 18.2 Å². The molecule has 1 amide bonds. The van der Waals surface area contributed by atoms with Crippen LogP contribution in [0.2, 0.25) is 10.0 Å². The standard InChI is InChI=1S/C23H24Cl2N4O/c1-29-19-6-5-14(21(30)26-15-7-9-23(10-8-15)11-12-23)13-18(19)27-22(29)28-20-16(24)3-2-4-17(20)25/h2-6,13,15H,7-12H2,1H3,(H,26,30)(H,27,28). The van der Waals surface area contributed by atoms with Crippen LogP contribution in [0.5, 0.6) is 0 Å². The number of hydrogen-bond donors (Lipinski definition) is 2. The SMILES string of the molecule is Cn1c(Nc2c(Cl)cccc2Cl)nc2cc(C(=O)NC3CCC4(CC3)CC4)ccc21. The van der Waals surface area contributed by atoms with E-state index in [2.05, 4.69) is 15.6 Å². The number of nitrogens with zero attached hydrogens (tertiary/aromatic N) is 2. The van der Waals surface area contributed by atoms with Crippen LogP contribution in [0.15, 0.2) is 36.4 Å². The third kappa shape index (κ3) is 3.65. The lowest BCUT2D eigenvalue weighted by Gasteiger charge is -2.29. The summed E-state index contributed by atoms with van der Waals surface area (Å²) in [6, 6.07) is 11.3. The van der Waals surface area contributed by atoms with Crippen molar-refractivity contribution in [1.82, 2.24) is 14.9 Å². The van der Waals surface area contributed by atoms with Gasteiger partial charge in [0.15, 0.2) is 0 Å². The predicted octanol–water partition coefficient (Wildman–Crippen LogP) is 6.08. The summed E-state index contributed by atoms with van der Waals surface area (Å²) in [6.07, 6.45) is 7.42. The molecule has 0 unspecified atom stereocenters. The van der Waals surface area contributed by atoms with Crippen molar-refractivity contribution in [2.24, 2.45) is 12.5 Å². The maximum Gasteiger partial charge on any atom is 0.251 e. The van der Waals surface area contributed by atoms with Gasteiger partial charge in [-0.05, 0) is 74.3 Å². The Labute approximate surface area is 185 Å². The number of amides is 1. The van der Waals surface area contributed by atoms with Gasteiger partial charge < -0.3 is 15.2 Å². The number of aromatic nitrogens is 2. The van der Waals surface area contributed by atoms with E-state index in [0.717, 1.165) is 23.9 Å². The first-order valence-electron chi connectivity index (χ1n) is 10.4. The highest BCUT2D eigenvalue weighted by Gasteiger charge is 2.44. The van der Waals surface area contributed by atoms with E-state index >= 15 is 0 Å². The summed E-state index contributed by atoms with van der Waals surface area (Å²) >= 11 is 12.5. The van der Waals surface area contributed by atoms with Crippen LogP contribution in [0.4, 0.5) is 11.6 Å². The lowest BCUT2D eigenvalue weighted by molar-refractivity contribution is 0.0919. The first-order valence-corrected chi connectivity index (χ1v) is 11.2. The zero-order valence-electron chi connectivity index (χ0n) is 16.8. The second kappa shape index (κ2) is 7.47. The fourth-order valence-corrected chi connectivity index (χ4v) is 4.99. The molecular formula is C23H24Cl2N4O. The van der Waals surface area contributed by atoms with Gasteiger partial charge in [0.1, 0.15) is 0 Å². The molecule has 0 radical (unpaired) electrons. The van der Waals surface area contributed by atoms with Crippen molar-refractivity contribution in [3.63, 3.8) is 0 Å². The van der Waals surface area contributed by atoms with Crippen molar-refractivity contribution in [3.8, 4) is 0 Å². The van der Waals surface area contributed by atoms with E-state index in [-0.39, 0.29) is 11.9 Å². The average molecular weight is 443 g/mol. The van der Waals surface area contributed by atoms with Gasteiger partial charge in [0.2, 0.25) is 5.95 Å². The van der Waals surface area contributed by atoms with Crippen LogP contribution in [-0.2, 0) is 7.05 Å². The van der Waals surface area contributed by atoms with Crippen LogP contribution >= 0.6 is 23.2 Å². The molecule has 5 rings (SSSR count). The Morgan fingerprint density at radius 2 is 1.80 bits per heavy atom. The number of carbonyl (C=O) groups excluding carboxylic acids is 1. The van der Waals surface area contributed by atoms with Gasteiger partial charge in [-0.25, -0.2) is 4.98 Å². The van der Waals surface area contributed by atoms with Gasteiger partial charge in [0, 0.05) is 18.7 Å². The molecule has 30 heavy (non-hydrogen) atoms. The number of aryl methyl sites for hydroxylation is 1. The maximum absolute atomic E-state index is 12.8. The Morgan fingerprint density at radius 3 is 2.47 bits per heavy atom. The smallest absolute Gasteiger partial charge is 0.251 e. The van der Waals surface area contributed by atoms with Crippen molar-refractivity contribution in [3.05, 3.63) is 52.0 Å². The highest BCUT2D eigenvalue weighted by Crippen LogP contribution is 2.56. The number of carbonyl (C=O) groups is 1. The lowest BCUT2D eigenvalue weighted by atomic mass is 9.83. The number of halogens is 2. The van der Waals surface area contributed by atoms with Gasteiger partial charge in [0.25, 0.3) is 5.91 Å². The van der Waals surface area contributed by atoms with Crippen LogP contribution in [0.25, 0.3) is 11.0 Å². The number of imidazole rings is 1. The van der Waals surface area contributed by atoms with Gasteiger partial charge in [-0.3, -0.25) is 4.79 Å². The number of fused-ring (bicyclic) bond motifs is 1. The molecule has 2 fully saturated rings. The fraction of sp³-hybridized carbons (Fsp3) is 0.391.